The van der Waals surface area contributed by atoms with Gasteiger partial charge in [-0.3, -0.25) is 4.79 Å². The van der Waals surface area contributed by atoms with Gasteiger partial charge >= 0.3 is 0 Å². The molecule has 0 radical (unpaired) electrons. The van der Waals surface area contributed by atoms with Crippen molar-refractivity contribution in [2.45, 2.75) is 13.8 Å². The minimum atomic E-state index is -0.381. The summed E-state index contributed by atoms with van der Waals surface area (Å²) < 4.78 is 27.8. The molecule has 0 unspecified atom stereocenters. The topological polar surface area (TPSA) is 87.4 Å². The first-order chi connectivity index (χ1) is 14.4. The zero-order valence-electron chi connectivity index (χ0n) is 17.6. The molecule has 0 aliphatic heterocycles. The molecule has 0 spiro atoms. The lowest BCUT2D eigenvalue weighted by Gasteiger charge is -2.13. The van der Waals surface area contributed by atoms with Gasteiger partial charge in [-0.25, -0.2) is 0 Å². The van der Waals surface area contributed by atoms with Crippen LogP contribution in [0.3, 0.4) is 0 Å². The van der Waals surface area contributed by atoms with Gasteiger partial charge < -0.3 is 28.5 Å². The molecule has 3 rings (SSSR count). The number of ether oxygens (including phenoxy) is 4. The van der Waals surface area contributed by atoms with Crippen LogP contribution in [0.1, 0.15) is 13.8 Å². The molecule has 0 bridgehead atoms. The van der Waals surface area contributed by atoms with Gasteiger partial charge in [0.25, 0.3) is 0 Å². The largest absolute Gasteiger partial charge is 0.504 e. The van der Waals surface area contributed by atoms with Gasteiger partial charge in [-0.2, -0.15) is 0 Å². The third kappa shape index (κ3) is 4.05. The van der Waals surface area contributed by atoms with Gasteiger partial charge in [-0.1, -0.05) is 5.57 Å². The number of hydrogen-bond acceptors (Lipinski definition) is 7. The molecule has 7 heteroatoms. The Morgan fingerprint density at radius 2 is 1.77 bits per heavy atom. The molecule has 2 aromatic carbocycles. The van der Waals surface area contributed by atoms with Crippen molar-refractivity contribution < 1.29 is 28.5 Å². The maximum atomic E-state index is 13.2. The van der Waals surface area contributed by atoms with Gasteiger partial charge in [0, 0.05) is 17.7 Å². The second-order valence-electron chi connectivity index (χ2n) is 6.77. The van der Waals surface area contributed by atoms with E-state index in [2.05, 4.69) is 0 Å². The lowest BCUT2D eigenvalue weighted by atomic mass is 10.1. The zero-order valence-corrected chi connectivity index (χ0v) is 17.6. The SMILES string of the molecule is COc1cc(-c2oc3cc(OCC=C(C)C)cc(OC)c3c(=O)c2OC)ccc1O. The lowest BCUT2D eigenvalue weighted by Crippen LogP contribution is -2.09. The second-order valence-corrected chi connectivity index (χ2v) is 6.77. The first-order valence-electron chi connectivity index (χ1n) is 9.26. The summed E-state index contributed by atoms with van der Waals surface area (Å²) in [5.41, 5.74) is 1.54. The molecule has 0 saturated heterocycles. The Labute approximate surface area is 174 Å². The number of rotatable bonds is 7. The summed E-state index contributed by atoms with van der Waals surface area (Å²) in [6.07, 6.45) is 1.94. The number of phenolic OH excluding ortho intramolecular Hbond substituents is 1. The van der Waals surface area contributed by atoms with Crippen molar-refractivity contribution >= 4 is 11.0 Å². The molecule has 158 valence electrons. The molecular weight excluding hydrogens is 388 g/mol. The monoisotopic (exact) mass is 412 g/mol. The number of phenols is 1. The lowest BCUT2D eigenvalue weighted by molar-refractivity contribution is 0.355. The van der Waals surface area contributed by atoms with Crippen molar-refractivity contribution in [2.24, 2.45) is 0 Å². The highest BCUT2D eigenvalue weighted by Gasteiger charge is 2.21. The molecule has 30 heavy (non-hydrogen) atoms. The van der Waals surface area contributed by atoms with Crippen LogP contribution in [0.4, 0.5) is 0 Å². The highest BCUT2D eigenvalue weighted by molar-refractivity contribution is 5.88. The van der Waals surface area contributed by atoms with E-state index in [-0.39, 0.29) is 39.4 Å². The number of benzene rings is 2. The van der Waals surface area contributed by atoms with Gasteiger partial charge in [0.1, 0.15) is 29.1 Å². The molecule has 1 heterocycles. The van der Waals surface area contributed by atoms with Crippen LogP contribution in [0.2, 0.25) is 0 Å². The molecule has 1 N–H and O–H groups in total. The van der Waals surface area contributed by atoms with Gasteiger partial charge in [0.2, 0.25) is 11.2 Å². The molecule has 0 saturated carbocycles. The Bertz CT molecular complexity index is 1150. The van der Waals surface area contributed by atoms with E-state index in [9.17, 15) is 9.90 Å². The van der Waals surface area contributed by atoms with Crippen LogP contribution in [-0.2, 0) is 0 Å². The molecule has 0 fully saturated rings. The Kier molecular flexibility index (Phi) is 6.20. The maximum absolute atomic E-state index is 13.2. The Hall–Kier alpha value is -3.61. The molecule has 7 nitrogen and oxygen atoms in total. The molecule has 0 amide bonds. The van der Waals surface area contributed by atoms with E-state index in [1.165, 1.54) is 27.4 Å². The van der Waals surface area contributed by atoms with E-state index in [1.54, 1.807) is 24.3 Å². The van der Waals surface area contributed by atoms with Gasteiger partial charge in [-0.05, 0) is 38.1 Å². The smallest absolute Gasteiger partial charge is 0.239 e. The number of allylic oxidation sites excluding steroid dienone is 1. The Morgan fingerprint density at radius 3 is 2.40 bits per heavy atom. The second kappa shape index (κ2) is 8.82. The van der Waals surface area contributed by atoms with Gasteiger partial charge in [0.05, 0.1) is 21.3 Å². The van der Waals surface area contributed by atoms with Gasteiger partial charge in [-0.15, -0.1) is 0 Å². The van der Waals surface area contributed by atoms with Gasteiger partial charge in [0.15, 0.2) is 17.3 Å². The summed E-state index contributed by atoms with van der Waals surface area (Å²) in [5, 5.41) is 10.1. The summed E-state index contributed by atoms with van der Waals surface area (Å²) in [6.45, 7) is 4.33. The van der Waals surface area contributed by atoms with Crippen molar-refractivity contribution in [3.05, 3.63) is 52.2 Å². The zero-order chi connectivity index (χ0) is 21.8. The number of methoxy groups -OCH3 is 3. The Morgan fingerprint density at radius 1 is 1.03 bits per heavy atom. The third-order valence-electron chi connectivity index (χ3n) is 4.50. The van der Waals surface area contributed by atoms with Crippen molar-refractivity contribution in [1.29, 1.82) is 0 Å². The molecule has 1 aromatic heterocycles. The maximum Gasteiger partial charge on any atom is 0.239 e. The first-order valence-corrected chi connectivity index (χ1v) is 9.26. The molecular formula is C23H24O7. The quantitative estimate of drug-likeness (QED) is 0.570. The van der Waals surface area contributed by atoms with E-state index in [4.69, 9.17) is 23.4 Å². The fourth-order valence-electron chi connectivity index (χ4n) is 2.99. The van der Waals surface area contributed by atoms with Crippen LogP contribution in [0.5, 0.6) is 28.7 Å². The standard InChI is InChI=1S/C23H24O7/c1-13(2)8-9-29-15-11-18(27-4)20-19(12-15)30-22(23(28-5)21(20)25)14-6-7-16(24)17(10-14)26-3/h6-8,10-12,24H,9H2,1-5H3. The van der Waals surface area contributed by atoms with E-state index in [0.29, 0.717) is 23.7 Å². The summed E-state index contributed by atoms with van der Waals surface area (Å²) >= 11 is 0. The van der Waals surface area contributed by atoms with E-state index in [1.807, 2.05) is 19.9 Å². The molecule has 0 aliphatic carbocycles. The third-order valence-corrected chi connectivity index (χ3v) is 4.50. The van der Waals surface area contributed by atoms with E-state index >= 15 is 0 Å². The van der Waals surface area contributed by atoms with Crippen LogP contribution in [0.25, 0.3) is 22.3 Å². The number of fused-ring (bicyclic) bond motifs is 1. The molecule has 0 aliphatic rings. The van der Waals surface area contributed by atoms with Crippen molar-refractivity contribution in [3.8, 4) is 40.1 Å². The highest BCUT2D eigenvalue weighted by atomic mass is 16.5. The predicted octanol–water partition coefficient (Wildman–Crippen LogP) is 4.54. The minimum absolute atomic E-state index is 0.0201. The summed E-state index contributed by atoms with van der Waals surface area (Å²) in [7, 11) is 4.30. The van der Waals surface area contributed by atoms with Crippen LogP contribution in [-0.4, -0.2) is 33.0 Å². The van der Waals surface area contributed by atoms with Crippen LogP contribution in [0.15, 0.2) is 51.2 Å². The van der Waals surface area contributed by atoms with E-state index < -0.39 is 0 Å². The fourth-order valence-corrected chi connectivity index (χ4v) is 2.99. The average molecular weight is 412 g/mol. The fraction of sp³-hybridized carbons (Fsp3) is 0.261. The normalized spacial score (nSPS) is 10.6. The van der Waals surface area contributed by atoms with Crippen LogP contribution in [0, 0.1) is 0 Å². The van der Waals surface area contributed by atoms with Crippen LogP contribution < -0.4 is 24.4 Å². The predicted molar refractivity (Wildman–Crippen MR) is 114 cm³/mol. The van der Waals surface area contributed by atoms with Crippen molar-refractivity contribution in [1.82, 2.24) is 0 Å². The summed E-state index contributed by atoms with van der Waals surface area (Å²) in [5.74, 6) is 1.26. The first kappa shape index (κ1) is 21.1. The van der Waals surface area contributed by atoms with Crippen LogP contribution >= 0.6 is 0 Å². The van der Waals surface area contributed by atoms with E-state index in [0.717, 1.165) is 5.57 Å². The minimum Gasteiger partial charge on any atom is -0.504 e. The Balaban J connectivity index is 2.23. The summed E-state index contributed by atoms with van der Waals surface area (Å²) in [6, 6.07) is 7.90. The highest BCUT2D eigenvalue weighted by Crippen LogP contribution is 2.38. The number of hydrogen-bond donors (Lipinski definition) is 1. The average Bonchev–Trinajstić information content (AvgIpc) is 2.73. The summed E-state index contributed by atoms with van der Waals surface area (Å²) in [4.78, 5) is 13.2. The van der Waals surface area contributed by atoms with Crippen molar-refractivity contribution in [2.75, 3.05) is 27.9 Å². The molecule has 3 aromatic rings. The number of aromatic hydroxyl groups is 1. The van der Waals surface area contributed by atoms with Crippen molar-refractivity contribution in [3.63, 3.8) is 0 Å². The molecule has 0 atom stereocenters.